The van der Waals surface area contributed by atoms with E-state index >= 15 is 0 Å². The molecule has 0 spiro atoms. The van der Waals surface area contributed by atoms with E-state index in [1.807, 2.05) is 26.8 Å². The molecule has 0 bridgehead atoms. The second-order valence-electron chi connectivity index (χ2n) is 4.14. The van der Waals surface area contributed by atoms with Gasteiger partial charge in [-0.2, -0.15) is 0 Å². The fraction of sp³-hybridized carbons (Fsp3) is 0.500. The fourth-order valence-corrected chi connectivity index (χ4v) is 1.12. The summed E-state index contributed by atoms with van der Waals surface area (Å²) in [6, 6.07) is 0. The maximum atomic E-state index is 11.6. The molecule has 0 amide bonds. The lowest BCUT2D eigenvalue weighted by Crippen LogP contribution is -1.99. The van der Waals surface area contributed by atoms with E-state index < -0.39 is 0 Å². The number of hydrogen-bond acceptors (Lipinski definition) is 1. The summed E-state index contributed by atoms with van der Waals surface area (Å²) < 4.78 is 0. The van der Waals surface area contributed by atoms with Gasteiger partial charge in [0.1, 0.15) is 0 Å². The van der Waals surface area contributed by atoms with Crippen LogP contribution >= 0.6 is 0 Å². The number of ketones is 1. The highest BCUT2D eigenvalue weighted by Gasteiger charge is 2.03. The van der Waals surface area contributed by atoms with Crippen LogP contribution < -0.4 is 0 Å². The van der Waals surface area contributed by atoms with Crippen LogP contribution in [0.4, 0.5) is 0 Å². The van der Waals surface area contributed by atoms with E-state index in [9.17, 15) is 4.79 Å². The Morgan fingerprint density at radius 1 is 1.07 bits per heavy atom. The zero-order valence-corrected chi connectivity index (χ0v) is 10.6. The van der Waals surface area contributed by atoms with Crippen LogP contribution in [0.15, 0.2) is 34.9 Å². The Morgan fingerprint density at radius 3 is 2.13 bits per heavy atom. The summed E-state index contributed by atoms with van der Waals surface area (Å²) in [7, 11) is 0. The highest BCUT2D eigenvalue weighted by Crippen LogP contribution is 2.08. The van der Waals surface area contributed by atoms with Crippen molar-refractivity contribution >= 4 is 5.78 Å². The number of rotatable bonds is 5. The lowest BCUT2D eigenvalue weighted by Gasteiger charge is -2.00. The van der Waals surface area contributed by atoms with Crippen LogP contribution in [0.3, 0.4) is 0 Å². The van der Waals surface area contributed by atoms with Crippen LogP contribution in [0, 0.1) is 0 Å². The van der Waals surface area contributed by atoms with Gasteiger partial charge in [0.05, 0.1) is 0 Å². The summed E-state index contributed by atoms with van der Waals surface area (Å²) in [5.41, 5.74) is 3.32. The van der Waals surface area contributed by atoms with Gasteiger partial charge in [0.15, 0.2) is 5.78 Å². The van der Waals surface area contributed by atoms with Crippen molar-refractivity contribution in [3.63, 3.8) is 0 Å². The molecule has 0 aromatic rings. The van der Waals surface area contributed by atoms with Crippen molar-refractivity contribution in [3.8, 4) is 0 Å². The molecule has 0 saturated heterocycles. The molecule has 84 valence electrons. The quantitative estimate of drug-likeness (QED) is 0.486. The van der Waals surface area contributed by atoms with E-state index in [1.165, 1.54) is 5.57 Å². The van der Waals surface area contributed by atoms with E-state index in [4.69, 9.17) is 0 Å². The highest BCUT2D eigenvalue weighted by molar-refractivity contribution is 5.96. The average molecular weight is 206 g/mol. The number of hydrogen-bond donors (Lipinski definition) is 0. The zero-order chi connectivity index (χ0) is 11.8. The Morgan fingerprint density at radius 2 is 1.67 bits per heavy atom. The monoisotopic (exact) mass is 206 g/mol. The van der Waals surface area contributed by atoms with Crippen LogP contribution in [0.25, 0.3) is 0 Å². The first kappa shape index (κ1) is 13.9. The first-order valence-corrected chi connectivity index (χ1v) is 5.42. The molecule has 1 heteroatoms. The van der Waals surface area contributed by atoms with Gasteiger partial charge in [0.2, 0.25) is 0 Å². The van der Waals surface area contributed by atoms with Crippen LogP contribution in [0.2, 0.25) is 0 Å². The van der Waals surface area contributed by atoms with Gasteiger partial charge in [-0.05, 0) is 46.6 Å². The van der Waals surface area contributed by atoms with Crippen molar-refractivity contribution in [1.82, 2.24) is 0 Å². The molecular weight excluding hydrogens is 184 g/mol. The third-order valence-corrected chi connectivity index (χ3v) is 2.30. The molecule has 0 aliphatic heterocycles. The Kier molecular flexibility index (Phi) is 6.68. The zero-order valence-electron chi connectivity index (χ0n) is 10.6. The molecule has 0 aliphatic carbocycles. The predicted octanol–water partition coefficient (Wildman–Crippen LogP) is 4.21. The van der Waals surface area contributed by atoms with Crippen molar-refractivity contribution in [2.75, 3.05) is 0 Å². The molecule has 1 nitrogen and oxygen atoms in total. The van der Waals surface area contributed by atoms with Crippen molar-refractivity contribution < 1.29 is 4.79 Å². The van der Waals surface area contributed by atoms with Crippen LogP contribution in [-0.4, -0.2) is 5.78 Å². The molecule has 0 heterocycles. The minimum absolute atomic E-state index is 0.225. The minimum atomic E-state index is 0.225. The van der Waals surface area contributed by atoms with Crippen LogP contribution in [0.1, 0.15) is 47.5 Å². The molecule has 0 fully saturated rings. The Bertz CT molecular complexity index is 299. The first-order chi connectivity index (χ1) is 6.97. The third kappa shape index (κ3) is 6.89. The molecule has 0 rings (SSSR count). The summed E-state index contributed by atoms with van der Waals surface area (Å²) in [4.78, 5) is 11.6. The molecule has 0 radical (unpaired) electrons. The van der Waals surface area contributed by atoms with Crippen LogP contribution in [0.5, 0.6) is 0 Å². The van der Waals surface area contributed by atoms with Gasteiger partial charge >= 0.3 is 0 Å². The standard InChI is InChI=1S/C14H22O/c1-6-13(5)14(15)10-12(4)9-7-8-11(2)3/h6,8-9H,7,10H2,1-5H3/b12-9+,13-6+. The fourth-order valence-electron chi connectivity index (χ4n) is 1.12. The lowest BCUT2D eigenvalue weighted by molar-refractivity contribution is -0.114. The van der Waals surface area contributed by atoms with E-state index in [1.54, 1.807) is 0 Å². The number of Topliss-reactive ketones (excluding diaryl/α,β-unsaturated/α-hetero) is 1. The molecule has 15 heavy (non-hydrogen) atoms. The van der Waals surface area contributed by atoms with Gasteiger partial charge in [-0.3, -0.25) is 4.79 Å². The number of allylic oxidation sites excluding steroid dienone is 6. The van der Waals surface area contributed by atoms with Crippen molar-refractivity contribution in [3.05, 3.63) is 34.9 Å². The van der Waals surface area contributed by atoms with Gasteiger partial charge < -0.3 is 0 Å². The van der Waals surface area contributed by atoms with Gasteiger partial charge in [-0.1, -0.05) is 29.4 Å². The molecular formula is C14H22O. The largest absolute Gasteiger partial charge is 0.294 e. The predicted molar refractivity (Wildman–Crippen MR) is 66.9 cm³/mol. The van der Waals surface area contributed by atoms with Gasteiger partial charge in [0, 0.05) is 6.42 Å². The normalized spacial score (nSPS) is 12.6. The van der Waals surface area contributed by atoms with E-state index in [0.29, 0.717) is 6.42 Å². The number of carbonyl (C=O) groups excluding carboxylic acids is 1. The Hall–Kier alpha value is -1.11. The minimum Gasteiger partial charge on any atom is -0.294 e. The second kappa shape index (κ2) is 7.22. The highest BCUT2D eigenvalue weighted by atomic mass is 16.1. The molecule has 0 aromatic heterocycles. The van der Waals surface area contributed by atoms with Gasteiger partial charge in [-0.15, -0.1) is 0 Å². The smallest absolute Gasteiger partial charge is 0.162 e. The van der Waals surface area contributed by atoms with E-state index in [0.717, 1.165) is 17.6 Å². The molecule has 0 aromatic carbocycles. The van der Waals surface area contributed by atoms with Gasteiger partial charge in [-0.25, -0.2) is 0 Å². The summed E-state index contributed by atoms with van der Waals surface area (Å²) in [5, 5.41) is 0. The maximum absolute atomic E-state index is 11.6. The van der Waals surface area contributed by atoms with E-state index in [2.05, 4.69) is 26.0 Å². The molecule has 0 unspecified atom stereocenters. The van der Waals surface area contributed by atoms with Crippen molar-refractivity contribution in [2.45, 2.75) is 47.5 Å². The third-order valence-electron chi connectivity index (χ3n) is 2.30. The molecule has 0 saturated carbocycles. The number of carbonyl (C=O) groups is 1. The molecule has 0 atom stereocenters. The maximum Gasteiger partial charge on any atom is 0.162 e. The average Bonchev–Trinajstić information content (AvgIpc) is 2.15. The van der Waals surface area contributed by atoms with Crippen molar-refractivity contribution in [2.24, 2.45) is 0 Å². The summed E-state index contributed by atoms with van der Waals surface area (Å²) in [6.07, 6.45) is 7.62. The summed E-state index contributed by atoms with van der Waals surface area (Å²) >= 11 is 0. The van der Waals surface area contributed by atoms with Crippen LogP contribution in [-0.2, 0) is 4.79 Å². The SMILES string of the molecule is C/C=C(\C)C(=O)C/C(C)=C/CC=C(C)C. The lowest BCUT2D eigenvalue weighted by atomic mass is 10.0. The summed E-state index contributed by atoms with van der Waals surface area (Å²) in [5.74, 6) is 0.225. The molecule has 0 N–H and O–H groups in total. The Labute approximate surface area is 93.6 Å². The van der Waals surface area contributed by atoms with Gasteiger partial charge in [0.25, 0.3) is 0 Å². The van der Waals surface area contributed by atoms with Crippen molar-refractivity contribution in [1.29, 1.82) is 0 Å². The summed E-state index contributed by atoms with van der Waals surface area (Å²) in [6.45, 7) is 9.94. The second-order valence-corrected chi connectivity index (χ2v) is 4.14. The topological polar surface area (TPSA) is 17.1 Å². The van der Waals surface area contributed by atoms with E-state index in [-0.39, 0.29) is 5.78 Å². The Balaban J connectivity index is 4.19. The first-order valence-electron chi connectivity index (χ1n) is 5.42. The molecule has 0 aliphatic rings.